The average molecular weight is 628 g/mol. The molecule has 1 fully saturated rings. The number of carbonyl (C=O) groups is 2. The molecule has 0 radical (unpaired) electrons. The van der Waals surface area contributed by atoms with E-state index < -0.39 is 35.6 Å². The normalized spacial score (nSPS) is 25.5. The lowest BCUT2D eigenvalue weighted by Gasteiger charge is -2.48. The van der Waals surface area contributed by atoms with Crippen LogP contribution in [0.4, 0.5) is 5.13 Å². The van der Waals surface area contributed by atoms with E-state index in [1.54, 1.807) is 32.5 Å². The van der Waals surface area contributed by atoms with Crippen molar-refractivity contribution in [3.63, 3.8) is 0 Å². The molecule has 3 N–H and O–H groups in total. The minimum atomic E-state index is -2.14. The summed E-state index contributed by atoms with van der Waals surface area (Å²) in [5, 5.41) is 26.9. The van der Waals surface area contributed by atoms with Gasteiger partial charge in [0.1, 0.15) is 5.76 Å². The number of piperidine rings is 1. The number of fused-ring (bicyclic) bond motifs is 3. The number of esters is 1. The molecule has 3 aliphatic heterocycles. The van der Waals surface area contributed by atoms with Crippen LogP contribution in [0.5, 0.6) is 11.5 Å². The van der Waals surface area contributed by atoms with Gasteiger partial charge in [-0.15, -0.1) is 11.3 Å². The number of amides is 1. The van der Waals surface area contributed by atoms with Gasteiger partial charge in [0, 0.05) is 30.1 Å². The summed E-state index contributed by atoms with van der Waals surface area (Å²) in [6, 6.07) is 4.09. The third-order valence-electron chi connectivity index (χ3n) is 9.22. The van der Waals surface area contributed by atoms with Crippen LogP contribution in [0.15, 0.2) is 35.5 Å². The largest absolute Gasteiger partial charge is 0.497 e. The van der Waals surface area contributed by atoms with Gasteiger partial charge in [0.15, 0.2) is 28.3 Å². The molecule has 1 amide bonds. The Kier molecular flexibility index (Phi) is 8.62. The van der Waals surface area contributed by atoms with Gasteiger partial charge >= 0.3 is 5.97 Å². The summed E-state index contributed by atoms with van der Waals surface area (Å²) in [4.78, 5) is 33.7. The smallest absolute Gasteiger partial charge is 0.339 e. The Morgan fingerprint density at radius 3 is 2.70 bits per heavy atom. The van der Waals surface area contributed by atoms with Gasteiger partial charge < -0.3 is 34.5 Å². The number of ether oxygens (including phenoxy) is 4. The van der Waals surface area contributed by atoms with Crippen molar-refractivity contribution in [3.05, 3.63) is 46.7 Å². The third kappa shape index (κ3) is 6.30. The number of nitrogens with zero attached hydrogens (tertiary/aromatic N) is 2. The fourth-order valence-corrected chi connectivity index (χ4v) is 7.73. The highest BCUT2D eigenvalue weighted by Gasteiger charge is 2.51. The third-order valence-corrected chi connectivity index (χ3v) is 9.91. The number of thiazole rings is 1. The SMILES string of the molecule is COC1=CC2CCCN3CCc4cc5c(cc4C(C1OC(=O)C(O)(CCCC(C)(C)O)CC(=O)Nc1nccs1)C23)OCO5. The molecule has 6 rings (SSSR count). The molecule has 1 aromatic heterocycles. The second-order valence-electron chi connectivity index (χ2n) is 12.9. The first-order valence-electron chi connectivity index (χ1n) is 15.3. The van der Waals surface area contributed by atoms with Crippen LogP contribution in [-0.4, -0.2) is 82.3 Å². The molecule has 0 spiro atoms. The molecule has 11 nitrogen and oxygen atoms in total. The van der Waals surface area contributed by atoms with Gasteiger partial charge in [0.25, 0.3) is 0 Å². The zero-order valence-electron chi connectivity index (χ0n) is 25.4. The fraction of sp³-hybridized carbons (Fsp3) is 0.594. The second kappa shape index (κ2) is 12.3. The Morgan fingerprint density at radius 2 is 1.98 bits per heavy atom. The van der Waals surface area contributed by atoms with E-state index in [1.165, 1.54) is 11.3 Å². The first kappa shape index (κ1) is 30.8. The van der Waals surface area contributed by atoms with E-state index in [9.17, 15) is 19.8 Å². The monoisotopic (exact) mass is 627 g/mol. The minimum absolute atomic E-state index is 0.0542. The molecular formula is C32H41N3O8S. The molecule has 2 aromatic rings. The zero-order chi connectivity index (χ0) is 31.1. The van der Waals surface area contributed by atoms with Crippen molar-refractivity contribution in [3.8, 4) is 11.5 Å². The lowest BCUT2D eigenvalue weighted by Crippen LogP contribution is -2.55. The van der Waals surface area contributed by atoms with Gasteiger partial charge in [-0.2, -0.15) is 0 Å². The predicted octanol–water partition coefficient (Wildman–Crippen LogP) is 3.75. The molecule has 4 aliphatic rings. The van der Waals surface area contributed by atoms with E-state index in [2.05, 4.69) is 21.3 Å². The summed E-state index contributed by atoms with van der Waals surface area (Å²) in [7, 11) is 1.57. The number of hydrogen-bond acceptors (Lipinski definition) is 11. The van der Waals surface area contributed by atoms with Crippen molar-refractivity contribution < 1.29 is 38.7 Å². The van der Waals surface area contributed by atoms with E-state index >= 15 is 0 Å². The van der Waals surface area contributed by atoms with Crippen molar-refractivity contribution in [1.29, 1.82) is 0 Å². The Bertz CT molecular complexity index is 1410. The van der Waals surface area contributed by atoms with E-state index in [0.717, 1.165) is 43.5 Å². The van der Waals surface area contributed by atoms with Crippen LogP contribution in [0.25, 0.3) is 0 Å². The van der Waals surface area contributed by atoms with Crippen LogP contribution < -0.4 is 14.8 Å². The van der Waals surface area contributed by atoms with Crippen LogP contribution in [0.3, 0.4) is 0 Å². The van der Waals surface area contributed by atoms with Crippen molar-refractivity contribution in [2.75, 3.05) is 32.3 Å². The van der Waals surface area contributed by atoms with Crippen molar-refractivity contribution in [1.82, 2.24) is 9.88 Å². The summed E-state index contributed by atoms with van der Waals surface area (Å²) in [6.45, 7) is 5.28. The molecule has 238 valence electrons. The van der Waals surface area contributed by atoms with E-state index in [-0.39, 0.29) is 31.1 Å². The molecule has 0 bridgehead atoms. The summed E-state index contributed by atoms with van der Waals surface area (Å²) in [5.74, 6) is 0.348. The van der Waals surface area contributed by atoms with Crippen molar-refractivity contribution in [2.24, 2.45) is 5.92 Å². The zero-order valence-corrected chi connectivity index (χ0v) is 26.2. The summed E-state index contributed by atoms with van der Waals surface area (Å²) >= 11 is 1.24. The number of carbonyl (C=O) groups excluding carboxylic acids is 2. The van der Waals surface area contributed by atoms with Crippen LogP contribution in [0.1, 0.15) is 69.4 Å². The summed E-state index contributed by atoms with van der Waals surface area (Å²) < 4.78 is 23.7. The molecule has 1 aromatic carbocycles. The molecule has 1 saturated heterocycles. The number of aliphatic hydroxyl groups is 2. The van der Waals surface area contributed by atoms with Gasteiger partial charge in [-0.05, 0) is 94.2 Å². The van der Waals surface area contributed by atoms with Crippen molar-refractivity contribution >= 4 is 28.3 Å². The summed E-state index contributed by atoms with van der Waals surface area (Å²) in [5.41, 5.74) is -1.02. The molecule has 12 heteroatoms. The predicted molar refractivity (Wildman–Crippen MR) is 163 cm³/mol. The van der Waals surface area contributed by atoms with E-state index in [1.807, 2.05) is 12.1 Å². The van der Waals surface area contributed by atoms with Gasteiger partial charge in [-0.3, -0.25) is 9.69 Å². The number of aromatic nitrogens is 1. The maximum Gasteiger partial charge on any atom is 0.339 e. The first-order chi connectivity index (χ1) is 21.0. The number of methoxy groups -OCH3 is 1. The number of rotatable bonds is 10. The highest BCUT2D eigenvalue weighted by atomic mass is 32.1. The molecule has 4 heterocycles. The molecular weight excluding hydrogens is 586 g/mol. The number of hydrogen-bond donors (Lipinski definition) is 3. The van der Waals surface area contributed by atoms with E-state index in [4.69, 9.17) is 18.9 Å². The van der Waals surface area contributed by atoms with E-state index in [0.29, 0.717) is 35.2 Å². The highest BCUT2D eigenvalue weighted by Crippen LogP contribution is 2.50. The van der Waals surface area contributed by atoms with Crippen LogP contribution >= 0.6 is 11.3 Å². The Hall–Kier alpha value is -3.19. The number of nitrogens with one attached hydrogen (secondary N) is 1. The maximum atomic E-state index is 14.1. The Balaban J connectivity index is 1.34. The van der Waals surface area contributed by atoms with Gasteiger partial charge in [-0.1, -0.05) is 0 Å². The molecule has 1 aliphatic carbocycles. The standard InChI is InChI=1S/C32H41N3O8S/c1-31(2,38)8-5-9-32(39,17-25(36)34-30-33-10-13-44-30)29(37)43-28-24(40-3)15-20-6-4-11-35-12-7-19-14-22-23(42-18-41-22)16-21(19)26(28)27(20)35/h10,13-16,20,26-28,38-39H,4-9,11-12,17-18H2,1-3H3,(H,33,34,36). The first-order valence-corrected chi connectivity index (χ1v) is 16.2. The van der Waals surface area contributed by atoms with Gasteiger partial charge in [0.2, 0.25) is 12.7 Å². The van der Waals surface area contributed by atoms with Gasteiger partial charge in [-0.25, -0.2) is 9.78 Å². The topological polar surface area (TPSA) is 140 Å². The second-order valence-corrected chi connectivity index (χ2v) is 13.8. The molecule has 0 saturated carbocycles. The minimum Gasteiger partial charge on any atom is -0.497 e. The number of benzene rings is 1. The van der Waals surface area contributed by atoms with Crippen molar-refractivity contribution in [2.45, 2.75) is 88.1 Å². The Morgan fingerprint density at radius 1 is 1.18 bits per heavy atom. The maximum absolute atomic E-state index is 14.1. The van der Waals surface area contributed by atoms with Gasteiger partial charge in [0.05, 0.1) is 19.1 Å². The highest BCUT2D eigenvalue weighted by molar-refractivity contribution is 7.13. The van der Waals surface area contributed by atoms with Crippen LogP contribution in [-0.2, 0) is 25.5 Å². The molecule has 44 heavy (non-hydrogen) atoms. The molecule has 5 unspecified atom stereocenters. The average Bonchev–Trinajstić information content (AvgIpc) is 3.62. The Labute approximate surface area is 261 Å². The molecule has 5 atom stereocenters. The fourth-order valence-electron chi connectivity index (χ4n) is 7.19. The van der Waals surface area contributed by atoms with Crippen LogP contribution in [0, 0.1) is 5.92 Å². The summed E-state index contributed by atoms with van der Waals surface area (Å²) in [6.07, 6.45) is 5.68. The van der Waals surface area contributed by atoms with Crippen LogP contribution in [0.2, 0.25) is 0 Å². The quantitative estimate of drug-likeness (QED) is 0.334. The lowest BCUT2D eigenvalue weighted by molar-refractivity contribution is -0.177. The lowest BCUT2D eigenvalue weighted by atomic mass is 9.71. The number of anilines is 1.